The second-order valence-electron chi connectivity index (χ2n) is 4.98. The largest absolute Gasteiger partial charge is 0.309 e. The number of benzene rings is 1. The summed E-state index contributed by atoms with van der Waals surface area (Å²) >= 11 is 8.92. The molecular weight excluding hydrogens is 398 g/mol. The van der Waals surface area contributed by atoms with Crippen LogP contribution in [0.1, 0.15) is 48.9 Å². The third-order valence-electron chi connectivity index (χ3n) is 3.73. The third kappa shape index (κ3) is 3.53. The molecule has 0 radical (unpaired) electrons. The highest BCUT2D eigenvalue weighted by Crippen LogP contribution is 2.38. The Kier molecular flexibility index (Phi) is 5.84. The quantitative estimate of drug-likeness (QED) is 0.621. The highest BCUT2D eigenvalue weighted by Gasteiger charge is 2.17. The molecule has 1 heterocycles. The van der Waals surface area contributed by atoms with Crippen molar-refractivity contribution in [2.75, 3.05) is 7.05 Å². The molecule has 1 nitrogen and oxygen atoms in total. The van der Waals surface area contributed by atoms with Gasteiger partial charge in [0.25, 0.3) is 0 Å². The molecule has 2 atom stereocenters. The van der Waals surface area contributed by atoms with Crippen molar-refractivity contribution in [3.05, 3.63) is 54.6 Å². The Morgan fingerprint density at radius 1 is 1.15 bits per heavy atom. The maximum Gasteiger partial charge on any atom is 0.0761 e. The van der Waals surface area contributed by atoms with Crippen LogP contribution in [0.2, 0.25) is 0 Å². The Morgan fingerprint density at radius 3 is 2.20 bits per heavy atom. The molecule has 0 fully saturated rings. The average molecular weight is 417 g/mol. The summed E-state index contributed by atoms with van der Waals surface area (Å²) in [6.45, 7) is 4.51. The van der Waals surface area contributed by atoms with E-state index in [1.807, 2.05) is 7.05 Å². The number of rotatable bonds is 5. The molecule has 0 bridgehead atoms. The molecule has 0 saturated carbocycles. The van der Waals surface area contributed by atoms with Crippen molar-refractivity contribution in [3.63, 3.8) is 0 Å². The van der Waals surface area contributed by atoms with E-state index in [0.717, 1.165) is 3.79 Å². The fraction of sp³-hybridized carbons (Fsp3) is 0.375. The van der Waals surface area contributed by atoms with Gasteiger partial charge in [0.2, 0.25) is 0 Å². The van der Waals surface area contributed by atoms with Gasteiger partial charge in [-0.3, -0.25) is 0 Å². The standard InChI is InChI=1S/C16H19Br2NS/c1-4-10(2)11-5-7-12(8-6-11)15(19-3)13-9-14(17)20-16(13)18/h5-10,15,19H,4H2,1-3H3. The third-order valence-corrected chi connectivity index (χ3v) is 6.12. The fourth-order valence-electron chi connectivity index (χ4n) is 2.30. The molecule has 1 aromatic carbocycles. The molecule has 2 rings (SSSR count). The first kappa shape index (κ1) is 16.2. The second kappa shape index (κ2) is 7.21. The van der Waals surface area contributed by atoms with Crippen molar-refractivity contribution in [2.24, 2.45) is 0 Å². The minimum atomic E-state index is 0.220. The van der Waals surface area contributed by atoms with E-state index >= 15 is 0 Å². The lowest BCUT2D eigenvalue weighted by molar-refractivity contribution is 0.688. The Labute approximate surface area is 142 Å². The molecule has 0 aliphatic rings. The molecule has 4 heteroatoms. The van der Waals surface area contributed by atoms with Crippen LogP contribution in [0.5, 0.6) is 0 Å². The van der Waals surface area contributed by atoms with E-state index in [-0.39, 0.29) is 6.04 Å². The highest BCUT2D eigenvalue weighted by atomic mass is 79.9. The molecule has 0 aliphatic heterocycles. The van der Waals surface area contributed by atoms with Gasteiger partial charge in [0.15, 0.2) is 0 Å². The molecule has 0 amide bonds. The average Bonchev–Trinajstić information content (AvgIpc) is 2.78. The summed E-state index contributed by atoms with van der Waals surface area (Å²) in [7, 11) is 2.01. The molecule has 108 valence electrons. The molecule has 0 spiro atoms. The summed E-state index contributed by atoms with van der Waals surface area (Å²) in [6.07, 6.45) is 1.18. The molecule has 1 aromatic heterocycles. The zero-order valence-corrected chi connectivity index (χ0v) is 15.9. The first-order valence-electron chi connectivity index (χ1n) is 6.78. The van der Waals surface area contributed by atoms with Gasteiger partial charge in [0, 0.05) is 0 Å². The lowest BCUT2D eigenvalue weighted by atomic mass is 9.94. The lowest BCUT2D eigenvalue weighted by Crippen LogP contribution is -2.17. The molecule has 2 unspecified atom stereocenters. The Balaban J connectivity index is 2.30. The lowest BCUT2D eigenvalue weighted by Gasteiger charge is -2.18. The summed E-state index contributed by atoms with van der Waals surface area (Å²) in [5.41, 5.74) is 3.99. The summed E-state index contributed by atoms with van der Waals surface area (Å²) in [6, 6.07) is 11.4. The zero-order valence-electron chi connectivity index (χ0n) is 11.9. The van der Waals surface area contributed by atoms with Gasteiger partial charge in [-0.2, -0.15) is 0 Å². The van der Waals surface area contributed by atoms with Crippen LogP contribution in [0.4, 0.5) is 0 Å². The highest BCUT2D eigenvalue weighted by molar-refractivity contribution is 9.12. The van der Waals surface area contributed by atoms with E-state index in [1.54, 1.807) is 11.3 Å². The monoisotopic (exact) mass is 415 g/mol. The normalized spacial score (nSPS) is 14.2. The van der Waals surface area contributed by atoms with Crippen molar-refractivity contribution >= 4 is 43.2 Å². The second-order valence-corrected chi connectivity index (χ2v) is 8.73. The topological polar surface area (TPSA) is 12.0 Å². The van der Waals surface area contributed by atoms with Gasteiger partial charge in [-0.25, -0.2) is 0 Å². The van der Waals surface area contributed by atoms with Gasteiger partial charge in [-0.05, 0) is 74.0 Å². The summed E-state index contributed by atoms with van der Waals surface area (Å²) in [4.78, 5) is 0. The van der Waals surface area contributed by atoms with Crippen LogP contribution in [-0.2, 0) is 0 Å². The van der Waals surface area contributed by atoms with Crippen LogP contribution >= 0.6 is 43.2 Å². The first-order chi connectivity index (χ1) is 9.56. The number of halogens is 2. The summed E-state index contributed by atoms with van der Waals surface area (Å²) < 4.78 is 2.32. The van der Waals surface area contributed by atoms with Crippen LogP contribution in [0.25, 0.3) is 0 Å². The van der Waals surface area contributed by atoms with E-state index < -0.39 is 0 Å². The van der Waals surface area contributed by atoms with E-state index in [1.165, 1.54) is 26.9 Å². The van der Waals surface area contributed by atoms with Crippen molar-refractivity contribution in [1.82, 2.24) is 5.32 Å². The van der Waals surface area contributed by atoms with Gasteiger partial charge in [-0.15, -0.1) is 11.3 Å². The molecule has 2 aromatic rings. The van der Waals surface area contributed by atoms with Crippen molar-refractivity contribution in [1.29, 1.82) is 0 Å². The predicted octanol–water partition coefficient (Wildman–Crippen LogP) is 6.10. The number of hydrogen-bond donors (Lipinski definition) is 1. The smallest absolute Gasteiger partial charge is 0.0761 e. The SMILES string of the molecule is CCC(C)c1ccc(C(NC)c2cc(Br)sc2Br)cc1. The van der Waals surface area contributed by atoms with Crippen molar-refractivity contribution < 1.29 is 0 Å². The Morgan fingerprint density at radius 2 is 1.75 bits per heavy atom. The summed E-state index contributed by atoms with van der Waals surface area (Å²) in [5, 5.41) is 3.41. The minimum Gasteiger partial charge on any atom is -0.309 e. The minimum absolute atomic E-state index is 0.220. The maximum atomic E-state index is 3.65. The zero-order chi connectivity index (χ0) is 14.7. The predicted molar refractivity (Wildman–Crippen MR) is 95.8 cm³/mol. The molecule has 0 saturated heterocycles. The van der Waals surface area contributed by atoms with Crippen LogP contribution < -0.4 is 5.32 Å². The fourth-order valence-corrected chi connectivity index (χ4v) is 5.21. The van der Waals surface area contributed by atoms with Gasteiger partial charge in [0.05, 0.1) is 13.6 Å². The Hall–Kier alpha value is -0.160. The van der Waals surface area contributed by atoms with Crippen LogP contribution in [0.3, 0.4) is 0 Å². The van der Waals surface area contributed by atoms with E-state index in [4.69, 9.17) is 0 Å². The number of hydrogen-bond acceptors (Lipinski definition) is 2. The summed E-state index contributed by atoms with van der Waals surface area (Å²) in [5.74, 6) is 0.624. The van der Waals surface area contributed by atoms with E-state index in [0.29, 0.717) is 5.92 Å². The number of nitrogens with one attached hydrogen (secondary N) is 1. The van der Waals surface area contributed by atoms with E-state index in [2.05, 4.69) is 81.4 Å². The maximum absolute atomic E-state index is 3.65. The van der Waals surface area contributed by atoms with Gasteiger partial charge in [0.1, 0.15) is 0 Å². The molecular formula is C16H19Br2NS. The Bertz CT molecular complexity index is 562. The molecule has 0 aliphatic carbocycles. The van der Waals surface area contributed by atoms with Crippen molar-refractivity contribution in [3.8, 4) is 0 Å². The van der Waals surface area contributed by atoms with Gasteiger partial charge >= 0.3 is 0 Å². The molecule has 20 heavy (non-hydrogen) atoms. The molecule has 1 N–H and O–H groups in total. The van der Waals surface area contributed by atoms with Crippen LogP contribution in [0, 0.1) is 0 Å². The van der Waals surface area contributed by atoms with Crippen LogP contribution in [-0.4, -0.2) is 7.05 Å². The van der Waals surface area contributed by atoms with Crippen LogP contribution in [0.15, 0.2) is 37.9 Å². The van der Waals surface area contributed by atoms with Crippen molar-refractivity contribution in [2.45, 2.75) is 32.2 Å². The first-order valence-corrected chi connectivity index (χ1v) is 9.18. The van der Waals surface area contributed by atoms with Gasteiger partial charge < -0.3 is 5.32 Å². The van der Waals surface area contributed by atoms with E-state index in [9.17, 15) is 0 Å². The number of thiophene rings is 1. The van der Waals surface area contributed by atoms with Gasteiger partial charge in [-0.1, -0.05) is 38.1 Å².